The fraction of sp³-hybridized carbons (Fsp3) is 0.583. The predicted octanol–water partition coefficient (Wildman–Crippen LogP) is 9.31. The second-order valence-corrected chi connectivity index (χ2v) is 17.1. The summed E-state index contributed by atoms with van der Waals surface area (Å²) in [6.45, 7) is 51.4. The number of amides is 1. The maximum absolute atomic E-state index is 11.5. The molecule has 0 radical (unpaired) electrons. The van der Waals surface area contributed by atoms with Gasteiger partial charge in [0, 0.05) is 67.0 Å². The average Bonchev–Trinajstić information content (AvgIpc) is 4.32. The summed E-state index contributed by atoms with van der Waals surface area (Å²) in [7, 11) is 14.9. The van der Waals surface area contributed by atoms with Crippen molar-refractivity contribution in [2.24, 2.45) is 0 Å². The molecular weight excluding hydrogens is 1110 g/mol. The second-order valence-electron chi connectivity index (χ2n) is 17.1. The molecule has 0 bridgehead atoms. The highest BCUT2D eigenvalue weighted by molar-refractivity contribution is 5.93. The molecule has 4 aliphatic rings. The first-order valence-electron chi connectivity index (χ1n) is 25.4. The fourth-order valence-electron chi connectivity index (χ4n) is 2.91. The van der Waals surface area contributed by atoms with E-state index >= 15 is 0 Å². The third-order valence-corrected chi connectivity index (χ3v) is 8.53. The fourth-order valence-corrected chi connectivity index (χ4v) is 2.91. The molecule has 4 fully saturated rings. The van der Waals surface area contributed by atoms with Crippen LogP contribution < -0.4 is 0 Å². The molecule has 0 aromatic heterocycles. The Hall–Kier alpha value is -6.22. The zero-order valence-electron chi connectivity index (χ0n) is 53.9. The van der Waals surface area contributed by atoms with E-state index < -0.39 is 23.7 Å². The molecule has 4 rings (SSSR count). The van der Waals surface area contributed by atoms with Crippen molar-refractivity contribution in [1.29, 1.82) is 0 Å². The van der Waals surface area contributed by atoms with Crippen molar-refractivity contribution in [3.63, 3.8) is 0 Å². The Morgan fingerprint density at radius 2 is 1.11 bits per heavy atom. The van der Waals surface area contributed by atoms with Crippen LogP contribution in [0.15, 0.2) is 113 Å². The molecular formula is C60H104F3NO20. The maximum atomic E-state index is 11.5. The van der Waals surface area contributed by atoms with Gasteiger partial charge < -0.3 is 66.5 Å². The number of carbonyl (C=O) groups excluding carboxylic acids is 7. The number of epoxide rings is 4. The van der Waals surface area contributed by atoms with Crippen LogP contribution in [0.5, 0.6) is 0 Å². The van der Waals surface area contributed by atoms with E-state index in [1.807, 2.05) is 20.8 Å². The van der Waals surface area contributed by atoms with Crippen LogP contribution >= 0.6 is 0 Å². The molecule has 21 nitrogen and oxygen atoms in total. The molecule has 24 heteroatoms. The van der Waals surface area contributed by atoms with E-state index in [4.69, 9.17) is 33.2 Å². The van der Waals surface area contributed by atoms with Crippen molar-refractivity contribution in [3.05, 3.63) is 113 Å². The Morgan fingerprint density at radius 1 is 0.667 bits per heavy atom. The smallest absolute Gasteiger partial charge is 0.422 e. The molecule has 4 atom stereocenters. The third-order valence-electron chi connectivity index (χ3n) is 8.53. The van der Waals surface area contributed by atoms with Crippen molar-refractivity contribution in [3.8, 4) is 0 Å². The lowest BCUT2D eigenvalue weighted by Crippen LogP contribution is -2.19. The minimum Gasteiger partial charge on any atom is -0.505 e. The Morgan fingerprint density at radius 3 is 1.19 bits per heavy atom. The molecule has 4 aliphatic heterocycles. The Balaban J connectivity index is -0.000000104. The van der Waals surface area contributed by atoms with E-state index in [-0.39, 0.29) is 53.8 Å². The van der Waals surface area contributed by atoms with Gasteiger partial charge >= 0.3 is 24.1 Å². The number of nitrogens with zero attached hydrogens (tertiary/aromatic N) is 1. The third kappa shape index (κ3) is 89.6. The van der Waals surface area contributed by atoms with Gasteiger partial charge in [0.15, 0.2) is 17.3 Å². The van der Waals surface area contributed by atoms with Crippen LogP contribution in [0.4, 0.5) is 13.2 Å². The summed E-state index contributed by atoms with van der Waals surface area (Å²) in [4.78, 5) is 72.8. The first-order chi connectivity index (χ1) is 38.9. The lowest BCUT2D eigenvalue weighted by Gasteiger charge is -2.05. The van der Waals surface area contributed by atoms with Crippen molar-refractivity contribution in [2.45, 2.75) is 111 Å². The van der Waals surface area contributed by atoms with E-state index in [9.17, 15) is 46.7 Å². The number of esters is 3. The molecule has 0 spiro atoms. The number of ketones is 3. The summed E-state index contributed by atoms with van der Waals surface area (Å²) in [6, 6.07) is 0. The van der Waals surface area contributed by atoms with Gasteiger partial charge in [0.1, 0.15) is 30.7 Å². The monoisotopic (exact) mass is 1220 g/mol. The maximum Gasteiger partial charge on any atom is 0.422 e. The zero-order chi connectivity index (χ0) is 68.1. The molecule has 0 aliphatic carbocycles. The van der Waals surface area contributed by atoms with E-state index in [1.165, 1.54) is 50.7 Å². The van der Waals surface area contributed by atoms with Crippen LogP contribution in [0.25, 0.3) is 0 Å². The average molecular weight is 1220 g/mol. The van der Waals surface area contributed by atoms with Crippen LogP contribution in [0.3, 0.4) is 0 Å². The minimum absolute atomic E-state index is 0.0529. The second kappa shape index (κ2) is 64.3. The van der Waals surface area contributed by atoms with Gasteiger partial charge in [-0.1, -0.05) is 72.6 Å². The standard InChI is InChI=1S/C6H10O3.C6H10O.C5H5F3O2.C5H9NO.C5H10O2.C5H8O2.C5H10O.C5H8O.C4H8O2.C4H6O2.C4H8O.2C3H6O/c1-3-6(7)4-9-5-8-2;1-4-6(7)5(2)3;1-3(4(9)10-2)5(6,7)8;1-4-5(7)6(2)3;1-5(3-6-2)4-7-5;1-4(2)5(6)7-3;1-4-5(2,3)6-4;1-3-5(6)4-2;1-5-2-4-3-6-4;1-3-4(5)6-2;1-3-4-5-2;1-3-2-4-3;1-3-4-2/h3H,1,4-5H2,2H3;2,4H2,1,3H3;1H2,2H3;4H,1H2,2-3H3;3-4H2,1-2H3;1H2,2-3H3;4H,1-3H3;3H,1,4H2,2H3;4H,2-3H2,1H3;3H,1H2,2H3;3H,1,4H2,2H3;3H,2H2,1H3;3H,1H2,2H3. The van der Waals surface area contributed by atoms with Crippen molar-refractivity contribution in [1.82, 2.24) is 4.90 Å². The highest BCUT2D eigenvalue weighted by atomic mass is 19.4. The quantitative estimate of drug-likeness (QED) is 0.0161. The SMILES string of the molecule is C=C(C(=O)OC)C(F)(F)F.C=C(C)C(=O)CC.C=C(C)C(=O)OC.C=CC(=O)CC.C=CC(=O)COCOC.C=CC(=O)N(C)C.C=CC(=O)OC.C=CCOC.C=COC.CC1CO1.CC1OC1(C)C.COCC1(C)CO1.COCC1CO1. The van der Waals surface area contributed by atoms with Gasteiger partial charge in [-0.2, -0.15) is 13.2 Å². The van der Waals surface area contributed by atoms with Crippen LogP contribution in [0.2, 0.25) is 0 Å². The van der Waals surface area contributed by atoms with Gasteiger partial charge in [-0.05, 0) is 72.3 Å². The number of Topliss-reactive ketones (excluding diaryl/α,β-unsaturated/α-hetero) is 1. The van der Waals surface area contributed by atoms with Crippen LogP contribution in [0, 0.1) is 0 Å². The number of halogens is 3. The largest absolute Gasteiger partial charge is 0.505 e. The predicted molar refractivity (Wildman–Crippen MR) is 321 cm³/mol. The summed E-state index contributed by atoms with van der Waals surface area (Å²) in [5, 5.41) is 0. The number of rotatable bonds is 20. The summed E-state index contributed by atoms with van der Waals surface area (Å²) >= 11 is 0. The van der Waals surface area contributed by atoms with Gasteiger partial charge in [0.05, 0.1) is 92.2 Å². The molecule has 0 aromatic rings. The van der Waals surface area contributed by atoms with Crippen molar-refractivity contribution >= 4 is 41.2 Å². The van der Waals surface area contributed by atoms with Crippen LogP contribution in [-0.2, 0) is 95.1 Å². The molecule has 1 amide bonds. The number of hydrogen-bond donors (Lipinski definition) is 0. The number of carbonyl (C=O) groups is 7. The minimum atomic E-state index is -4.69. The molecule has 4 unspecified atom stereocenters. The summed E-state index contributed by atoms with van der Waals surface area (Å²) < 4.78 is 94.0. The first-order valence-corrected chi connectivity index (χ1v) is 25.4. The molecule has 0 N–H and O–H groups in total. The zero-order valence-corrected chi connectivity index (χ0v) is 53.9. The Kier molecular flexibility index (Phi) is 74.2. The Labute approximate surface area is 500 Å². The van der Waals surface area contributed by atoms with E-state index in [0.29, 0.717) is 48.9 Å². The first kappa shape index (κ1) is 96.9. The summed E-state index contributed by atoms with van der Waals surface area (Å²) in [5.74, 6) is -2.12. The van der Waals surface area contributed by atoms with Gasteiger partial charge in [0.25, 0.3) is 0 Å². The van der Waals surface area contributed by atoms with Gasteiger partial charge in [0.2, 0.25) is 5.91 Å². The highest BCUT2D eigenvalue weighted by Crippen LogP contribution is 2.34. The van der Waals surface area contributed by atoms with Crippen molar-refractivity contribution in [2.75, 3.05) is 124 Å². The van der Waals surface area contributed by atoms with E-state index in [0.717, 1.165) is 46.2 Å². The van der Waals surface area contributed by atoms with Crippen LogP contribution in [0.1, 0.15) is 75.2 Å². The number of allylic oxidation sites excluding steroid dienone is 2. The lowest BCUT2D eigenvalue weighted by molar-refractivity contribution is -0.148. The van der Waals surface area contributed by atoms with Crippen molar-refractivity contribution < 1.29 is 108 Å². The Bertz CT molecular complexity index is 1800. The highest BCUT2D eigenvalue weighted by Gasteiger charge is 2.43. The molecule has 84 heavy (non-hydrogen) atoms. The number of methoxy groups -OCH3 is 8. The molecule has 0 aromatic carbocycles. The molecule has 490 valence electrons. The topological polar surface area (TPSA) is 256 Å². The van der Waals surface area contributed by atoms with Gasteiger partial charge in [-0.3, -0.25) is 19.2 Å². The number of alkyl halides is 3. The summed E-state index contributed by atoms with van der Waals surface area (Å²) in [5.41, 5.74) is -0.116. The number of hydrogen-bond acceptors (Lipinski definition) is 20. The van der Waals surface area contributed by atoms with Gasteiger partial charge in [-0.15, -0.1) is 6.58 Å². The molecule has 4 heterocycles. The lowest BCUT2D eigenvalue weighted by atomic mass is 10.2. The van der Waals surface area contributed by atoms with E-state index in [2.05, 4.69) is 115 Å². The number of likely N-dealkylation sites (N-methyl/N-ethyl adjacent to an activating group) is 1. The molecule has 0 saturated carbocycles. The molecule has 4 saturated heterocycles. The number of ether oxygens (including phenoxy) is 13. The van der Waals surface area contributed by atoms with E-state index in [1.54, 1.807) is 62.5 Å². The van der Waals surface area contributed by atoms with Crippen LogP contribution in [-0.4, -0.2) is 206 Å². The normalized spacial score (nSPS) is 16.0. The summed E-state index contributed by atoms with van der Waals surface area (Å²) in [6.07, 6.45) is 5.99. The van der Waals surface area contributed by atoms with Gasteiger partial charge in [-0.25, -0.2) is 14.4 Å².